The molecule has 0 fully saturated rings. The minimum Gasteiger partial charge on any atom is -0.480 e. The molecular weight excluding hydrogens is 272 g/mol. The number of carbonyl (C=O) groups excluding carboxylic acids is 1. The van der Waals surface area contributed by atoms with Crippen LogP contribution in [0.15, 0.2) is 42.6 Å². The Balaban J connectivity index is 1.66. The van der Waals surface area contributed by atoms with E-state index in [0.29, 0.717) is 18.0 Å². The van der Waals surface area contributed by atoms with Crippen LogP contribution in [0.25, 0.3) is 0 Å². The fourth-order valence-corrected chi connectivity index (χ4v) is 2.13. The first-order chi connectivity index (χ1) is 10.1. The number of para-hydroxylation sites is 1. The molecule has 0 saturated carbocycles. The van der Waals surface area contributed by atoms with Crippen LogP contribution in [-0.2, 0) is 11.2 Å². The van der Waals surface area contributed by atoms with Crippen LogP contribution in [0.5, 0.6) is 5.75 Å². The molecule has 6 heteroatoms. The van der Waals surface area contributed by atoms with Gasteiger partial charge in [0.1, 0.15) is 11.6 Å². The van der Waals surface area contributed by atoms with E-state index in [9.17, 15) is 9.59 Å². The summed E-state index contributed by atoms with van der Waals surface area (Å²) in [5, 5.41) is 11.4. The molecule has 0 radical (unpaired) electrons. The first-order valence-corrected chi connectivity index (χ1v) is 6.38. The predicted octanol–water partition coefficient (Wildman–Crippen LogP) is 1.72. The van der Waals surface area contributed by atoms with Crippen molar-refractivity contribution in [1.82, 2.24) is 4.98 Å². The van der Waals surface area contributed by atoms with Gasteiger partial charge in [-0.25, -0.2) is 9.78 Å². The smallest absolute Gasteiger partial charge is 0.337 e. The Morgan fingerprint density at radius 3 is 2.71 bits per heavy atom. The summed E-state index contributed by atoms with van der Waals surface area (Å²) in [7, 11) is 0. The van der Waals surface area contributed by atoms with Crippen molar-refractivity contribution in [1.29, 1.82) is 0 Å². The van der Waals surface area contributed by atoms with Crippen LogP contribution < -0.4 is 10.1 Å². The summed E-state index contributed by atoms with van der Waals surface area (Å²) >= 11 is 0. The van der Waals surface area contributed by atoms with Gasteiger partial charge in [0, 0.05) is 12.6 Å². The molecule has 0 spiro atoms. The zero-order valence-corrected chi connectivity index (χ0v) is 10.9. The molecule has 6 nitrogen and oxygen atoms in total. The summed E-state index contributed by atoms with van der Waals surface area (Å²) in [6.45, 7) is 0. The predicted molar refractivity (Wildman–Crippen MR) is 74.4 cm³/mol. The first kappa shape index (κ1) is 13.1. The number of pyridine rings is 1. The lowest BCUT2D eigenvalue weighted by Gasteiger charge is -2.10. The SMILES string of the molecule is O=C(O)c1ccc(NC(=O)C2Cc3ccccc3O2)nc1. The molecule has 1 amide bonds. The number of aromatic nitrogens is 1. The molecule has 3 rings (SSSR count). The zero-order chi connectivity index (χ0) is 14.8. The first-order valence-electron chi connectivity index (χ1n) is 6.38. The third-order valence-corrected chi connectivity index (χ3v) is 3.20. The molecule has 0 aliphatic carbocycles. The number of hydrogen-bond donors (Lipinski definition) is 2. The van der Waals surface area contributed by atoms with Crippen LogP contribution >= 0.6 is 0 Å². The molecule has 0 bridgehead atoms. The fraction of sp³-hybridized carbons (Fsp3) is 0.133. The van der Waals surface area contributed by atoms with Gasteiger partial charge in [-0.3, -0.25) is 4.79 Å². The van der Waals surface area contributed by atoms with Crippen molar-refractivity contribution in [3.63, 3.8) is 0 Å². The number of carboxylic acid groups (broad SMARTS) is 1. The standard InChI is InChI=1S/C15H12N2O4/c18-14(12-7-9-3-1-2-4-11(9)21-12)17-13-6-5-10(8-16-13)15(19)20/h1-6,8,12H,7H2,(H,19,20)(H,16,17,18). The average Bonchev–Trinajstić information content (AvgIpc) is 2.92. The maximum Gasteiger partial charge on any atom is 0.337 e. The number of carboxylic acids is 1. The van der Waals surface area contributed by atoms with Gasteiger partial charge in [-0.2, -0.15) is 0 Å². The van der Waals surface area contributed by atoms with E-state index < -0.39 is 12.1 Å². The summed E-state index contributed by atoms with van der Waals surface area (Å²) in [4.78, 5) is 26.7. The van der Waals surface area contributed by atoms with Crippen LogP contribution in [0.2, 0.25) is 0 Å². The van der Waals surface area contributed by atoms with E-state index in [4.69, 9.17) is 9.84 Å². The topological polar surface area (TPSA) is 88.5 Å². The number of nitrogens with one attached hydrogen (secondary N) is 1. The molecule has 1 unspecified atom stereocenters. The number of fused-ring (bicyclic) bond motifs is 1. The lowest BCUT2D eigenvalue weighted by molar-refractivity contribution is -0.122. The Labute approximate surface area is 120 Å². The van der Waals surface area contributed by atoms with Crippen molar-refractivity contribution >= 4 is 17.7 Å². The van der Waals surface area contributed by atoms with E-state index in [2.05, 4.69) is 10.3 Å². The number of anilines is 1. The Kier molecular flexibility index (Phi) is 3.27. The highest BCUT2D eigenvalue weighted by atomic mass is 16.5. The summed E-state index contributed by atoms with van der Waals surface area (Å²) in [6.07, 6.45) is 1.11. The van der Waals surface area contributed by atoms with Gasteiger partial charge < -0.3 is 15.2 Å². The largest absolute Gasteiger partial charge is 0.480 e. The Morgan fingerprint density at radius 1 is 1.24 bits per heavy atom. The third-order valence-electron chi connectivity index (χ3n) is 3.20. The molecule has 21 heavy (non-hydrogen) atoms. The van der Waals surface area contributed by atoms with Crippen molar-refractivity contribution in [2.24, 2.45) is 0 Å². The van der Waals surface area contributed by atoms with Crippen LogP contribution in [0, 0.1) is 0 Å². The summed E-state index contributed by atoms with van der Waals surface area (Å²) in [5.41, 5.74) is 1.06. The lowest BCUT2D eigenvalue weighted by Crippen LogP contribution is -2.31. The number of rotatable bonds is 3. The van der Waals surface area contributed by atoms with E-state index in [0.717, 1.165) is 5.56 Å². The molecule has 2 aromatic rings. The molecule has 1 atom stereocenters. The fourth-order valence-electron chi connectivity index (χ4n) is 2.13. The number of benzene rings is 1. The van der Waals surface area contributed by atoms with Crippen LogP contribution in [0.4, 0.5) is 5.82 Å². The molecule has 1 aliphatic rings. The maximum absolute atomic E-state index is 12.1. The minimum atomic E-state index is -1.06. The second-order valence-electron chi connectivity index (χ2n) is 4.64. The maximum atomic E-state index is 12.1. The van der Waals surface area contributed by atoms with Crippen molar-refractivity contribution in [2.45, 2.75) is 12.5 Å². The van der Waals surface area contributed by atoms with Gasteiger partial charge in [0.25, 0.3) is 5.91 Å². The minimum absolute atomic E-state index is 0.0671. The molecule has 1 aromatic heterocycles. The number of ether oxygens (including phenoxy) is 1. The van der Waals surface area contributed by atoms with E-state index >= 15 is 0 Å². The van der Waals surface area contributed by atoms with Crippen molar-refractivity contribution in [2.75, 3.05) is 5.32 Å². The number of carbonyl (C=O) groups is 2. The van der Waals surface area contributed by atoms with Gasteiger partial charge in [-0.15, -0.1) is 0 Å². The Hall–Kier alpha value is -2.89. The second kappa shape index (κ2) is 5.24. The van der Waals surface area contributed by atoms with Crippen molar-refractivity contribution in [3.8, 4) is 5.75 Å². The van der Waals surface area contributed by atoms with E-state index in [1.54, 1.807) is 0 Å². The molecular formula is C15H12N2O4. The molecule has 106 valence electrons. The molecule has 2 heterocycles. The molecule has 2 N–H and O–H groups in total. The number of aromatic carboxylic acids is 1. The van der Waals surface area contributed by atoms with Crippen molar-refractivity contribution in [3.05, 3.63) is 53.7 Å². The van der Waals surface area contributed by atoms with Gasteiger partial charge in [-0.05, 0) is 23.8 Å². The van der Waals surface area contributed by atoms with Gasteiger partial charge in [0.05, 0.1) is 5.56 Å². The van der Waals surface area contributed by atoms with Crippen LogP contribution in [0.3, 0.4) is 0 Å². The molecule has 0 saturated heterocycles. The van der Waals surface area contributed by atoms with Gasteiger partial charge >= 0.3 is 5.97 Å². The number of nitrogens with zero attached hydrogens (tertiary/aromatic N) is 1. The van der Waals surface area contributed by atoms with Crippen molar-refractivity contribution < 1.29 is 19.4 Å². The summed E-state index contributed by atoms with van der Waals surface area (Å²) in [6, 6.07) is 10.3. The third kappa shape index (κ3) is 2.69. The molecule has 1 aliphatic heterocycles. The van der Waals surface area contributed by atoms with E-state index in [1.807, 2.05) is 24.3 Å². The normalized spacial score (nSPS) is 15.9. The Bertz CT molecular complexity index is 672. The highest BCUT2D eigenvalue weighted by Crippen LogP contribution is 2.28. The number of amides is 1. The van der Waals surface area contributed by atoms with Crippen LogP contribution in [-0.4, -0.2) is 28.1 Å². The quantitative estimate of drug-likeness (QED) is 0.896. The monoisotopic (exact) mass is 284 g/mol. The highest BCUT2D eigenvalue weighted by molar-refractivity contribution is 5.94. The second-order valence-corrected chi connectivity index (χ2v) is 4.64. The zero-order valence-electron chi connectivity index (χ0n) is 10.9. The van der Waals surface area contributed by atoms with Gasteiger partial charge in [-0.1, -0.05) is 18.2 Å². The van der Waals surface area contributed by atoms with E-state index in [-0.39, 0.29) is 11.5 Å². The Morgan fingerprint density at radius 2 is 2.05 bits per heavy atom. The van der Waals surface area contributed by atoms with Crippen LogP contribution in [0.1, 0.15) is 15.9 Å². The highest BCUT2D eigenvalue weighted by Gasteiger charge is 2.28. The number of hydrogen-bond acceptors (Lipinski definition) is 4. The summed E-state index contributed by atoms with van der Waals surface area (Å²) in [5.74, 6) is -0.354. The van der Waals surface area contributed by atoms with E-state index in [1.165, 1.54) is 18.3 Å². The molecule has 1 aromatic carbocycles. The van der Waals surface area contributed by atoms with Gasteiger partial charge in [0.15, 0.2) is 6.10 Å². The van der Waals surface area contributed by atoms with Gasteiger partial charge in [0.2, 0.25) is 0 Å². The lowest BCUT2D eigenvalue weighted by atomic mass is 10.1. The average molecular weight is 284 g/mol. The summed E-state index contributed by atoms with van der Waals surface area (Å²) < 4.78 is 5.57.